The van der Waals surface area contributed by atoms with E-state index in [0.29, 0.717) is 6.54 Å². The number of aliphatic hydroxyl groups excluding tert-OH is 1. The van der Waals surface area contributed by atoms with Crippen molar-refractivity contribution in [1.82, 2.24) is 15.2 Å². The lowest BCUT2D eigenvalue weighted by molar-refractivity contribution is 0.0433. The number of aromatic nitrogens is 1. The molecule has 5 nitrogen and oxygen atoms in total. The molecule has 4 rings (SSSR count). The minimum Gasteiger partial charge on any atom is -0.390 e. The Hall–Kier alpha value is -2.87. The zero-order valence-electron chi connectivity index (χ0n) is 19.9. The fraction of sp³-hybridized carbons (Fsp3) is 0.393. The van der Waals surface area contributed by atoms with Crippen LogP contribution in [0.25, 0.3) is 0 Å². The van der Waals surface area contributed by atoms with E-state index in [1.165, 1.54) is 24.3 Å². The highest BCUT2D eigenvalue weighted by atomic mass is 19.1. The molecule has 1 aliphatic rings. The highest BCUT2D eigenvalue weighted by molar-refractivity contribution is 5.40. The molecule has 0 spiro atoms. The van der Waals surface area contributed by atoms with Crippen molar-refractivity contribution in [2.45, 2.75) is 37.3 Å². The van der Waals surface area contributed by atoms with Crippen LogP contribution in [0, 0.1) is 11.6 Å². The van der Waals surface area contributed by atoms with Gasteiger partial charge in [-0.25, -0.2) is 8.78 Å². The van der Waals surface area contributed by atoms with Gasteiger partial charge in [-0.3, -0.25) is 9.88 Å². The number of anilines is 1. The average Bonchev–Trinajstić information content (AvgIpc) is 2.90. The van der Waals surface area contributed by atoms with Crippen LogP contribution in [0.5, 0.6) is 0 Å². The summed E-state index contributed by atoms with van der Waals surface area (Å²) in [6.45, 7) is 4.08. The molecule has 35 heavy (non-hydrogen) atoms. The number of piperazine rings is 1. The lowest BCUT2D eigenvalue weighted by Gasteiger charge is -2.38. The predicted octanol–water partition coefficient (Wildman–Crippen LogP) is 4.41. The SMILES string of the molecule is OC(CNc1ccncc1)C(CCCC(c1ccc(F)cc1)c1ccc(F)cc1)N1CCNCC1. The zero-order valence-corrected chi connectivity index (χ0v) is 19.9. The lowest BCUT2D eigenvalue weighted by Crippen LogP contribution is -2.53. The molecule has 1 aromatic heterocycles. The van der Waals surface area contributed by atoms with Gasteiger partial charge in [-0.05, 0) is 60.4 Å². The molecule has 0 amide bonds. The molecule has 0 bridgehead atoms. The summed E-state index contributed by atoms with van der Waals surface area (Å²) in [6, 6.07) is 16.9. The number of rotatable bonds is 11. The first-order valence-corrected chi connectivity index (χ1v) is 12.4. The van der Waals surface area contributed by atoms with Crippen LogP contribution in [-0.2, 0) is 0 Å². The second-order valence-electron chi connectivity index (χ2n) is 9.12. The summed E-state index contributed by atoms with van der Waals surface area (Å²) in [5.41, 5.74) is 2.96. The molecule has 3 aromatic rings. The van der Waals surface area contributed by atoms with E-state index in [2.05, 4.69) is 20.5 Å². The van der Waals surface area contributed by atoms with Crippen molar-refractivity contribution in [3.8, 4) is 0 Å². The maximum Gasteiger partial charge on any atom is 0.123 e. The Kier molecular flexibility index (Phi) is 9.17. The van der Waals surface area contributed by atoms with E-state index in [4.69, 9.17) is 0 Å². The number of nitrogens with one attached hydrogen (secondary N) is 2. The van der Waals surface area contributed by atoms with Crippen molar-refractivity contribution in [2.75, 3.05) is 38.0 Å². The molecule has 0 saturated carbocycles. The molecule has 2 aromatic carbocycles. The van der Waals surface area contributed by atoms with Gasteiger partial charge in [0.1, 0.15) is 11.6 Å². The van der Waals surface area contributed by atoms with Crippen LogP contribution in [0.4, 0.5) is 14.5 Å². The van der Waals surface area contributed by atoms with E-state index >= 15 is 0 Å². The Bertz CT molecular complexity index is 966. The second kappa shape index (κ2) is 12.7. The standard InChI is InChI=1S/C28H34F2N4O/c29-23-8-4-21(5-9-23)26(22-6-10-24(30)11-7-22)2-1-3-27(34-18-16-32-17-19-34)28(35)20-33-25-12-14-31-15-13-25/h4-15,26-28,32,35H,1-3,16-20H2,(H,31,33). The van der Waals surface area contributed by atoms with E-state index in [1.54, 1.807) is 12.4 Å². The molecule has 186 valence electrons. The largest absolute Gasteiger partial charge is 0.390 e. The number of benzene rings is 2. The first kappa shape index (κ1) is 25.2. The first-order valence-electron chi connectivity index (χ1n) is 12.4. The molecule has 2 atom stereocenters. The minimum atomic E-state index is -0.531. The monoisotopic (exact) mass is 480 g/mol. The number of hydrogen-bond donors (Lipinski definition) is 3. The normalized spacial score (nSPS) is 16.2. The van der Waals surface area contributed by atoms with Gasteiger partial charge in [-0.1, -0.05) is 30.7 Å². The van der Waals surface area contributed by atoms with Gasteiger partial charge in [-0.2, -0.15) is 0 Å². The number of hydrogen-bond acceptors (Lipinski definition) is 5. The van der Waals surface area contributed by atoms with Crippen LogP contribution in [0.15, 0.2) is 73.1 Å². The van der Waals surface area contributed by atoms with E-state index in [-0.39, 0.29) is 23.6 Å². The molecule has 0 aliphatic carbocycles. The van der Waals surface area contributed by atoms with Gasteiger partial charge in [0.05, 0.1) is 6.10 Å². The van der Waals surface area contributed by atoms with Crippen molar-refractivity contribution >= 4 is 5.69 Å². The Morgan fingerprint density at radius 3 is 2.00 bits per heavy atom. The smallest absolute Gasteiger partial charge is 0.123 e. The molecule has 0 radical (unpaired) electrons. The number of halogens is 2. The third-order valence-corrected chi connectivity index (χ3v) is 6.80. The van der Waals surface area contributed by atoms with Gasteiger partial charge < -0.3 is 15.7 Å². The van der Waals surface area contributed by atoms with E-state index in [0.717, 1.165) is 62.3 Å². The van der Waals surface area contributed by atoms with Crippen LogP contribution in [0.1, 0.15) is 36.3 Å². The van der Waals surface area contributed by atoms with Gasteiger partial charge in [-0.15, -0.1) is 0 Å². The molecule has 7 heteroatoms. The first-order chi connectivity index (χ1) is 17.1. The summed E-state index contributed by atoms with van der Waals surface area (Å²) in [5, 5.41) is 17.9. The van der Waals surface area contributed by atoms with E-state index < -0.39 is 6.10 Å². The summed E-state index contributed by atoms with van der Waals surface area (Å²) < 4.78 is 27.1. The Morgan fingerprint density at radius 2 is 1.43 bits per heavy atom. The molecule has 2 unspecified atom stereocenters. The summed E-state index contributed by atoms with van der Waals surface area (Å²) in [7, 11) is 0. The van der Waals surface area contributed by atoms with Gasteiger partial charge in [0.25, 0.3) is 0 Å². The average molecular weight is 481 g/mol. The maximum absolute atomic E-state index is 13.6. The van der Waals surface area contributed by atoms with Crippen molar-refractivity contribution in [3.05, 3.63) is 95.8 Å². The van der Waals surface area contributed by atoms with Crippen LogP contribution in [-0.4, -0.2) is 59.9 Å². The van der Waals surface area contributed by atoms with Gasteiger partial charge in [0.2, 0.25) is 0 Å². The summed E-state index contributed by atoms with van der Waals surface area (Å²) in [4.78, 5) is 6.41. The Balaban J connectivity index is 1.44. The fourth-order valence-corrected chi connectivity index (χ4v) is 4.91. The second-order valence-corrected chi connectivity index (χ2v) is 9.12. The Labute approximate surface area is 206 Å². The van der Waals surface area contributed by atoms with E-state index in [1.807, 2.05) is 36.4 Å². The van der Waals surface area contributed by atoms with Gasteiger partial charge in [0, 0.05) is 62.8 Å². The van der Waals surface area contributed by atoms with Crippen molar-refractivity contribution < 1.29 is 13.9 Å². The van der Waals surface area contributed by atoms with Gasteiger partial charge in [0.15, 0.2) is 0 Å². The molecule has 1 saturated heterocycles. The molecule has 2 heterocycles. The minimum absolute atomic E-state index is 0.0218. The third-order valence-electron chi connectivity index (χ3n) is 6.80. The van der Waals surface area contributed by atoms with Crippen LogP contribution >= 0.6 is 0 Å². The summed E-state index contributed by atoms with van der Waals surface area (Å²) in [5.74, 6) is -0.502. The van der Waals surface area contributed by atoms with Crippen molar-refractivity contribution in [2.24, 2.45) is 0 Å². The van der Waals surface area contributed by atoms with E-state index in [9.17, 15) is 13.9 Å². The molecule has 1 aliphatic heterocycles. The molecule has 1 fully saturated rings. The third kappa shape index (κ3) is 7.31. The van der Waals surface area contributed by atoms with Crippen LogP contribution in [0.3, 0.4) is 0 Å². The lowest BCUT2D eigenvalue weighted by atomic mass is 9.86. The summed E-state index contributed by atoms with van der Waals surface area (Å²) >= 11 is 0. The van der Waals surface area contributed by atoms with Crippen molar-refractivity contribution in [3.63, 3.8) is 0 Å². The molecule has 3 N–H and O–H groups in total. The molecular weight excluding hydrogens is 446 g/mol. The molecular formula is C28H34F2N4O. The van der Waals surface area contributed by atoms with Gasteiger partial charge >= 0.3 is 0 Å². The topological polar surface area (TPSA) is 60.4 Å². The highest BCUT2D eigenvalue weighted by Crippen LogP contribution is 2.31. The van der Waals surface area contributed by atoms with Crippen LogP contribution < -0.4 is 10.6 Å². The summed E-state index contributed by atoms with van der Waals surface area (Å²) in [6.07, 6.45) is 5.46. The highest BCUT2D eigenvalue weighted by Gasteiger charge is 2.27. The fourth-order valence-electron chi connectivity index (χ4n) is 4.91. The number of aliphatic hydroxyl groups is 1. The zero-order chi connectivity index (χ0) is 24.5. The number of nitrogens with zero attached hydrogens (tertiary/aromatic N) is 2. The predicted molar refractivity (Wildman–Crippen MR) is 135 cm³/mol. The van der Waals surface area contributed by atoms with Crippen molar-refractivity contribution in [1.29, 1.82) is 0 Å². The Morgan fingerprint density at radius 1 is 0.857 bits per heavy atom. The maximum atomic E-state index is 13.6. The number of pyridine rings is 1. The van der Waals surface area contributed by atoms with Crippen LogP contribution in [0.2, 0.25) is 0 Å². The quantitative estimate of drug-likeness (QED) is 0.380.